The lowest BCUT2D eigenvalue weighted by Crippen LogP contribution is -2.14. The maximum atomic E-state index is 13.2. The lowest BCUT2D eigenvalue weighted by atomic mass is 10.1. The first-order valence-electron chi connectivity index (χ1n) is 13.4. The molecule has 5 rings (SSSR count). The summed E-state index contributed by atoms with van der Waals surface area (Å²) in [4.78, 5) is 19.6. The summed E-state index contributed by atoms with van der Waals surface area (Å²) in [6, 6.07) is 11.7. The number of carbonyl (C=O) groups excluding carboxylic acids is 1. The molecule has 0 bridgehead atoms. The molecule has 1 N–H and O–H groups in total. The molecule has 0 atom stereocenters. The zero-order valence-corrected chi connectivity index (χ0v) is 28.8. The number of sulfonamides is 1. The number of hydrogen-bond acceptors (Lipinski definition) is 10. The molecule has 0 aliphatic rings. The molecule has 3 aromatic carbocycles. The Morgan fingerprint density at radius 1 is 0.915 bits per heavy atom. The Hall–Kier alpha value is -3.75. The highest BCUT2D eigenvalue weighted by Gasteiger charge is 2.31. The Balaban J connectivity index is 0.000000295. The van der Waals surface area contributed by atoms with Crippen molar-refractivity contribution >= 4 is 84.5 Å². The monoisotopic (exact) mass is 743 g/mol. The highest BCUT2D eigenvalue weighted by atomic mass is 35.7. The lowest BCUT2D eigenvalue weighted by Gasteiger charge is -2.13. The highest BCUT2D eigenvalue weighted by molar-refractivity contribution is 8.13. The summed E-state index contributed by atoms with van der Waals surface area (Å²) in [6.45, 7) is 3.68. The average molecular weight is 744 g/mol. The van der Waals surface area contributed by atoms with Crippen molar-refractivity contribution in [1.82, 2.24) is 9.97 Å². The predicted molar refractivity (Wildman–Crippen MR) is 177 cm³/mol. The number of nitrogens with one attached hydrogen (secondary N) is 1. The van der Waals surface area contributed by atoms with Crippen molar-refractivity contribution < 1.29 is 39.5 Å². The van der Waals surface area contributed by atoms with E-state index in [9.17, 15) is 34.8 Å². The molecule has 5 aromatic rings. The molecule has 2 heterocycles. The number of methoxy groups -OCH3 is 1. The second-order valence-electron chi connectivity index (χ2n) is 9.76. The van der Waals surface area contributed by atoms with Crippen LogP contribution < -0.4 is 4.72 Å². The van der Waals surface area contributed by atoms with Gasteiger partial charge in [-0.2, -0.15) is 13.2 Å². The van der Waals surface area contributed by atoms with Gasteiger partial charge >= 0.3 is 12.1 Å². The molecule has 17 heteroatoms. The van der Waals surface area contributed by atoms with Gasteiger partial charge < -0.3 is 4.74 Å². The number of fused-ring (bicyclic) bond motifs is 2. The molecule has 0 unspecified atom stereocenters. The summed E-state index contributed by atoms with van der Waals surface area (Å²) in [5.41, 5.74) is 0.0198. The quantitative estimate of drug-likeness (QED) is 0.0779. The van der Waals surface area contributed by atoms with E-state index in [2.05, 4.69) is 31.3 Å². The number of benzene rings is 3. The van der Waals surface area contributed by atoms with Crippen molar-refractivity contribution in [2.75, 3.05) is 11.8 Å². The van der Waals surface area contributed by atoms with Gasteiger partial charge in [-0.25, -0.2) is 26.8 Å². The van der Waals surface area contributed by atoms with Crippen molar-refractivity contribution in [3.8, 4) is 11.8 Å². The zero-order chi connectivity index (χ0) is 34.6. The van der Waals surface area contributed by atoms with Crippen LogP contribution in [0, 0.1) is 25.7 Å². The Morgan fingerprint density at radius 3 is 2.04 bits per heavy atom. The van der Waals surface area contributed by atoms with E-state index < -0.39 is 36.8 Å². The van der Waals surface area contributed by atoms with Gasteiger partial charge in [-0.3, -0.25) is 9.52 Å². The number of hydrogen-bond donors (Lipinski definition) is 1. The van der Waals surface area contributed by atoms with Crippen LogP contribution in [0.25, 0.3) is 20.4 Å². The van der Waals surface area contributed by atoms with Crippen LogP contribution in [0.3, 0.4) is 0 Å². The van der Waals surface area contributed by atoms with Gasteiger partial charge in [-0.1, -0.05) is 11.8 Å². The van der Waals surface area contributed by atoms with Gasteiger partial charge in [0.05, 0.1) is 58.6 Å². The number of nitrogens with zero attached hydrogens (tertiary/aromatic N) is 2. The van der Waals surface area contributed by atoms with Gasteiger partial charge in [-0.15, -0.1) is 22.7 Å². The number of carbonyl (C=O) groups is 1. The maximum Gasteiger partial charge on any atom is 0.416 e. The van der Waals surface area contributed by atoms with Crippen LogP contribution in [0.2, 0.25) is 0 Å². The van der Waals surface area contributed by atoms with Crippen molar-refractivity contribution in [2.24, 2.45) is 0 Å². The van der Waals surface area contributed by atoms with E-state index in [4.69, 9.17) is 10.7 Å². The van der Waals surface area contributed by atoms with E-state index in [1.54, 1.807) is 19.1 Å². The standard InChI is InChI=1S/C22H19F3N2O4S2.C8H6ClNO2S2/c1-14-26-19-13-17(9-11-20(19)32-14)33(29,30)27-18-10-8-16(22(23,24)25)12-15(18)6-4-3-5-7-21(28)31-2;1-5-10-7-4-6(14(9,11)12)2-3-8(7)13-5/h8-13,27H,3,5,7H2,1-2H3;2-4H,1H3. The Bertz CT molecular complexity index is 2240. The summed E-state index contributed by atoms with van der Waals surface area (Å²) >= 11 is 2.94. The molecule has 0 aliphatic heterocycles. The minimum Gasteiger partial charge on any atom is -0.469 e. The molecule has 0 fully saturated rings. The molecular formula is C30H25ClF3N3O6S4. The third kappa shape index (κ3) is 9.64. The summed E-state index contributed by atoms with van der Waals surface area (Å²) in [6.07, 6.45) is -3.93. The highest BCUT2D eigenvalue weighted by Crippen LogP contribution is 2.33. The topological polar surface area (TPSA) is 132 Å². The van der Waals surface area contributed by atoms with Crippen molar-refractivity contribution in [2.45, 2.75) is 49.1 Å². The van der Waals surface area contributed by atoms with Gasteiger partial charge in [0.1, 0.15) is 0 Å². The van der Waals surface area contributed by atoms with Gasteiger partial charge in [0, 0.05) is 29.1 Å². The summed E-state index contributed by atoms with van der Waals surface area (Å²) in [5, 5.41) is 1.68. The molecule has 2 aromatic heterocycles. The van der Waals surface area contributed by atoms with Crippen LogP contribution in [-0.4, -0.2) is 39.9 Å². The number of unbranched alkanes of at least 4 members (excludes halogenated alkanes) is 1. The van der Waals surface area contributed by atoms with Crippen LogP contribution in [0.4, 0.5) is 18.9 Å². The molecule has 0 amide bonds. The fourth-order valence-corrected chi connectivity index (χ4v) is 7.55. The average Bonchev–Trinajstić information content (AvgIpc) is 3.56. The van der Waals surface area contributed by atoms with E-state index in [0.717, 1.165) is 37.6 Å². The third-order valence-corrected chi connectivity index (χ3v) is 10.9. The first-order valence-corrected chi connectivity index (χ1v) is 18.9. The summed E-state index contributed by atoms with van der Waals surface area (Å²) in [5.74, 6) is 4.85. The van der Waals surface area contributed by atoms with E-state index >= 15 is 0 Å². The Kier molecular flexibility index (Phi) is 11.2. The first kappa shape index (κ1) is 36.1. The van der Waals surface area contributed by atoms with Crippen LogP contribution in [0.5, 0.6) is 0 Å². The van der Waals surface area contributed by atoms with Crippen LogP contribution >= 0.6 is 33.4 Å². The fraction of sp³-hybridized carbons (Fsp3) is 0.233. The molecule has 9 nitrogen and oxygen atoms in total. The fourth-order valence-electron chi connectivity index (χ4n) is 4.06. The molecule has 0 saturated carbocycles. The lowest BCUT2D eigenvalue weighted by molar-refractivity contribution is -0.140. The number of aryl methyl sites for hydroxylation is 2. The minimum absolute atomic E-state index is 0.0721. The molecule has 248 valence electrons. The van der Waals surface area contributed by atoms with Gasteiger partial charge in [0.25, 0.3) is 19.1 Å². The van der Waals surface area contributed by atoms with E-state index in [1.165, 1.54) is 54.0 Å². The number of rotatable bonds is 7. The normalized spacial score (nSPS) is 11.8. The maximum absolute atomic E-state index is 13.2. The smallest absolute Gasteiger partial charge is 0.416 e. The number of aromatic nitrogens is 2. The number of halogens is 4. The van der Waals surface area contributed by atoms with Crippen LogP contribution in [0.1, 0.15) is 40.4 Å². The SMILES string of the molecule is COC(=O)CCCC#Cc1cc(C(F)(F)F)ccc1NS(=O)(=O)c1ccc2sc(C)nc2c1.Cc1nc2cc(S(=O)(=O)Cl)ccc2s1. The number of anilines is 1. The van der Waals surface area contributed by atoms with E-state index in [1.807, 2.05) is 6.92 Å². The zero-order valence-electron chi connectivity index (χ0n) is 24.8. The number of alkyl halides is 3. The molecule has 0 radical (unpaired) electrons. The summed E-state index contributed by atoms with van der Waals surface area (Å²) in [7, 11) is -1.29. The molecule has 0 spiro atoms. The molecule has 47 heavy (non-hydrogen) atoms. The molecule has 0 saturated heterocycles. The van der Waals surface area contributed by atoms with Gasteiger partial charge in [-0.05, 0) is 74.9 Å². The molecule has 0 aliphatic carbocycles. The third-order valence-electron chi connectivity index (χ3n) is 6.25. The number of esters is 1. The van der Waals surface area contributed by atoms with E-state index in [0.29, 0.717) is 17.5 Å². The predicted octanol–water partition coefficient (Wildman–Crippen LogP) is 7.65. The van der Waals surface area contributed by atoms with Gasteiger partial charge in [0.15, 0.2) is 0 Å². The second kappa shape index (κ2) is 14.6. The van der Waals surface area contributed by atoms with Crippen LogP contribution in [0.15, 0.2) is 64.4 Å². The minimum atomic E-state index is -4.62. The second-order valence-corrected chi connectivity index (χ2v) is 16.5. The van der Waals surface area contributed by atoms with Gasteiger partial charge in [0.2, 0.25) is 0 Å². The number of thiazole rings is 2. The Labute approximate surface area is 281 Å². The molecular weight excluding hydrogens is 719 g/mol. The summed E-state index contributed by atoms with van der Waals surface area (Å²) < 4.78 is 96.0. The Morgan fingerprint density at radius 2 is 1.49 bits per heavy atom. The van der Waals surface area contributed by atoms with Crippen molar-refractivity contribution in [3.63, 3.8) is 0 Å². The largest absolute Gasteiger partial charge is 0.469 e. The van der Waals surface area contributed by atoms with E-state index in [-0.39, 0.29) is 33.9 Å². The van der Waals surface area contributed by atoms with Crippen molar-refractivity contribution in [3.05, 3.63) is 75.7 Å². The van der Waals surface area contributed by atoms with Crippen molar-refractivity contribution in [1.29, 1.82) is 0 Å². The number of ether oxygens (including phenoxy) is 1. The first-order chi connectivity index (χ1) is 22.0. The van der Waals surface area contributed by atoms with Crippen LogP contribution in [-0.2, 0) is 34.8 Å².